The maximum atomic E-state index is 11.8. The van der Waals surface area contributed by atoms with Crippen molar-refractivity contribution in [3.63, 3.8) is 0 Å². The Balaban J connectivity index is 4.77. The van der Waals surface area contributed by atoms with Gasteiger partial charge in [0.25, 0.3) is 0 Å². The number of hydrogen-bond donors (Lipinski definition) is 1. The quantitative estimate of drug-likeness (QED) is 0.769. The Morgan fingerprint density at radius 1 is 1.20 bits per heavy atom. The number of amides is 2. The summed E-state index contributed by atoms with van der Waals surface area (Å²) < 4.78 is 0. The van der Waals surface area contributed by atoms with E-state index in [2.05, 4.69) is 0 Å². The molecule has 0 aliphatic heterocycles. The summed E-state index contributed by atoms with van der Waals surface area (Å²) >= 11 is 0. The summed E-state index contributed by atoms with van der Waals surface area (Å²) in [5.41, 5.74) is -1.18. The monoisotopic (exact) mass is 216 g/mol. The molecule has 0 rings (SSSR count). The Morgan fingerprint density at radius 2 is 1.60 bits per heavy atom. The number of likely N-dealkylation sites (N-methyl/N-ethyl adjacent to an activating group) is 1. The fraction of sp³-hybridized carbons (Fsp3) is 0.800. The first-order valence-corrected chi connectivity index (χ1v) is 5.05. The van der Waals surface area contributed by atoms with E-state index in [-0.39, 0.29) is 6.03 Å². The van der Waals surface area contributed by atoms with Crippen molar-refractivity contribution in [1.82, 2.24) is 9.80 Å². The van der Waals surface area contributed by atoms with Gasteiger partial charge in [-0.25, -0.2) is 9.59 Å². The van der Waals surface area contributed by atoms with Crippen LogP contribution in [0, 0.1) is 0 Å². The number of urea groups is 1. The average molecular weight is 216 g/mol. The van der Waals surface area contributed by atoms with Crippen LogP contribution in [0.3, 0.4) is 0 Å². The number of aliphatic carboxylic acids is 1. The van der Waals surface area contributed by atoms with Crippen LogP contribution >= 0.6 is 0 Å². The number of hydrogen-bond acceptors (Lipinski definition) is 2. The second-order valence-electron chi connectivity index (χ2n) is 3.88. The molecule has 0 aliphatic rings. The van der Waals surface area contributed by atoms with Crippen LogP contribution in [0.2, 0.25) is 0 Å². The zero-order chi connectivity index (χ0) is 12.2. The van der Waals surface area contributed by atoms with Crippen molar-refractivity contribution in [1.29, 1.82) is 0 Å². The molecule has 0 heterocycles. The summed E-state index contributed by atoms with van der Waals surface area (Å²) in [4.78, 5) is 25.6. The van der Waals surface area contributed by atoms with E-state index in [4.69, 9.17) is 5.11 Å². The van der Waals surface area contributed by atoms with E-state index < -0.39 is 11.5 Å². The Hall–Kier alpha value is -1.26. The van der Waals surface area contributed by atoms with Gasteiger partial charge in [-0.3, -0.25) is 0 Å². The van der Waals surface area contributed by atoms with Crippen molar-refractivity contribution < 1.29 is 14.7 Å². The van der Waals surface area contributed by atoms with Crippen LogP contribution in [0.15, 0.2) is 0 Å². The fourth-order valence-electron chi connectivity index (χ4n) is 1.09. The number of carboxylic acids is 1. The Morgan fingerprint density at radius 3 is 1.87 bits per heavy atom. The number of rotatable bonds is 4. The summed E-state index contributed by atoms with van der Waals surface area (Å²) in [6, 6.07) is -0.257. The predicted octanol–water partition coefficient (Wildman–Crippen LogP) is 1.24. The van der Waals surface area contributed by atoms with Gasteiger partial charge in [-0.15, -0.1) is 0 Å². The van der Waals surface area contributed by atoms with E-state index in [0.29, 0.717) is 13.1 Å². The molecule has 0 unspecified atom stereocenters. The molecule has 0 aromatic carbocycles. The zero-order valence-corrected chi connectivity index (χ0v) is 10.1. The van der Waals surface area contributed by atoms with Crippen molar-refractivity contribution in [2.45, 2.75) is 33.2 Å². The molecule has 0 aromatic heterocycles. The molecule has 5 heteroatoms. The first-order chi connectivity index (χ1) is 6.78. The summed E-state index contributed by atoms with van der Waals surface area (Å²) in [6.07, 6.45) is 0. The first kappa shape index (κ1) is 13.7. The smallest absolute Gasteiger partial charge is 0.329 e. The van der Waals surface area contributed by atoms with Gasteiger partial charge in [0.2, 0.25) is 0 Å². The van der Waals surface area contributed by atoms with Gasteiger partial charge in [-0.1, -0.05) is 0 Å². The summed E-state index contributed by atoms with van der Waals surface area (Å²) in [6.45, 7) is 7.91. The lowest BCUT2D eigenvalue weighted by molar-refractivity contribution is -0.147. The SMILES string of the molecule is CCN(CC)C(=O)N(C)C(C)(C)C(=O)O. The molecule has 88 valence electrons. The van der Waals surface area contributed by atoms with Crippen molar-refractivity contribution in [2.24, 2.45) is 0 Å². The summed E-state index contributed by atoms with van der Waals surface area (Å²) in [7, 11) is 1.51. The third-order valence-corrected chi connectivity index (χ3v) is 2.68. The molecule has 0 bridgehead atoms. The molecule has 0 saturated carbocycles. The largest absolute Gasteiger partial charge is 0.480 e. The molecule has 1 N–H and O–H groups in total. The summed E-state index contributed by atoms with van der Waals surface area (Å²) in [5.74, 6) is -1.01. The zero-order valence-electron chi connectivity index (χ0n) is 10.1. The van der Waals surface area contributed by atoms with Crippen LogP contribution in [0.25, 0.3) is 0 Å². The lowest BCUT2D eigenvalue weighted by Gasteiger charge is -2.35. The van der Waals surface area contributed by atoms with E-state index in [9.17, 15) is 9.59 Å². The topological polar surface area (TPSA) is 60.9 Å². The van der Waals surface area contributed by atoms with Crippen molar-refractivity contribution in [3.05, 3.63) is 0 Å². The maximum absolute atomic E-state index is 11.8. The van der Waals surface area contributed by atoms with Crippen LogP contribution < -0.4 is 0 Å². The molecule has 0 spiro atoms. The van der Waals surface area contributed by atoms with Crippen LogP contribution in [-0.2, 0) is 4.79 Å². The minimum atomic E-state index is -1.18. The molecular formula is C10H20N2O3. The molecule has 0 aromatic rings. The van der Waals surface area contributed by atoms with Gasteiger partial charge < -0.3 is 14.9 Å². The van der Waals surface area contributed by atoms with Gasteiger partial charge in [-0.2, -0.15) is 0 Å². The number of nitrogens with zero attached hydrogens (tertiary/aromatic N) is 2. The Labute approximate surface area is 90.7 Å². The van der Waals surface area contributed by atoms with E-state index in [0.717, 1.165) is 0 Å². The second-order valence-corrected chi connectivity index (χ2v) is 3.88. The average Bonchev–Trinajstić information content (AvgIpc) is 2.17. The number of carbonyl (C=O) groups excluding carboxylic acids is 1. The number of carboxylic acid groups (broad SMARTS) is 1. The minimum absolute atomic E-state index is 0.257. The van der Waals surface area contributed by atoms with E-state index in [1.165, 1.54) is 25.8 Å². The fourth-order valence-corrected chi connectivity index (χ4v) is 1.09. The van der Waals surface area contributed by atoms with Gasteiger partial charge in [0.1, 0.15) is 5.54 Å². The van der Waals surface area contributed by atoms with Crippen LogP contribution in [0.4, 0.5) is 4.79 Å². The van der Waals surface area contributed by atoms with Crippen LogP contribution in [-0.4, -0.2) is 52.6 Å². The molecule has 0 fully saturated rings. The third kappa shape index (κ3) is 2.84. The van der Waals surface area contributed by atoms with Gasteiger partial charge in [0, 0.05) is 20.1 Å². The van der Waals surface area contributed by atoms with E-state index in [1.54, 1.807) is 4.90 Å². The molecule has 0 aliphatic carbocycles. The lowest BCUT2D eigenvalue weighted by atomic mass is 10.0. The third-order valence-electron chi connectivity index (χ3n) is 2.68. The highest BCUT2D eigenvalue weighted by Crippen LogP contribution is 2.14. The highest BCUT2D eigenvalue weighted by Gasteiger charge is 2.36. The van der Waals surface area contributed by atoms with Gasteiger partial charge in [-0.05, 0) is 27.7 Å². The molecule has 0 radical (unpaired) electrons. The standard InChI is InChI=1S/C10H20N2O3/c1-6-12(7-2)9(15)11(5)10(3,4)8(13)14/h6-7H2,1-5H3,(H,13,14). The molecular weight excluding hydrogens is 196 g/mol. The molecule has 0 atom stereocenters. The second kappa shape index (κ2) is 5.00. The first-order valence-electron chi connectivity index (χ1n) is 5.05. The van der Waals surface area contributed by atoms with Gasteiger partial charge in [0.05, 0.1) is 0 Å². The van der Waals surface area contributed by atoms with Crippen LogP contribution in [0.1, 0.15) is 27.7 Å². The van der Waals surface area contributed by atoms with E-state index in [1.807, 2.05) is 13.8 Å². The highest BCUT2D eigenvalue weighted by atomic mass is 16.4. The maximum Gasteiger partial charge on any atom is 0.329 e. The Bertz CT molecular complexity index is 247. The highest BCUT2D eigenvalue weighted by molar-refractivity contribution is 5.85. The van der Waals surface area contributed by atoms with Crippen molar-refractivity contribution >= 4 is 12.0 Å². The van der Waals surface area contributed by atoms with Gasteiger partial charge in [0.15, 0.2) is 0 Å². The van der Waals surface area contributed by atoms with E-state index >= 15 is 0 Å². The van der Waals surface area contributed by atoms with Crippen LogP contribution in [0.5, 0.6) is 0 Å². The van der Waals surface area contributed by atoms with Crippen molar-refractivity contribution in [2.75, 3.05) is 20.1 Å². The molecule has 5 nitrogen and oxygen atoms in total. The predicted molar refractivity (Wildman–Crippen MR) is 57.8 cm³/mol. The normalized spacial score (nSPS) is 11.0. The number of carbonyl (C=O) groups is 2. The minimum Gasteiger partial charge on any atom is -0.480 e. The molecule has 2 amide bonds. The van der Waals surface area contributed by atoms with Crippen molar-refractivity contribution in [3.8, 4) is 0 Å². The summed E-state index contributed by atoms with van der Waals surface area (Å²) in [5, 5.41) is 8.98. The Kier molecular flexibility index (Phi) is 4.58. The lowest BCUT2D eigenvalue weighted by Crippen LogP contribution is -2.55. The molecule has 0 saturated heterocycles. The molecule has 15 heavy (non-hydrogen) atoms. The van der Waals surface area contributed by atoms with Gasteiger partial charge >= 0.3 is 12.0 Å².